The highest BCUT2D eigenvalue weighted by molar-refractivity contribution is 6.28. The molecule has 1 heterocycles. The van der Waals surface area contributed by atoms with Gasteiger partial charge in [0.15, 0.2) is 0 Å². The molecule has 1 aromatic heterocycles. The van der Waals surface area contributed by atoms with Crippen LogP contribution in [0.3, 0.4) is 0 Å². The molecule has 0 bridgehead atoms. The number of benzene rings is 2. The van der Waals surface area contributed by atoms with Crippen molar-refractivity contribution in [2.45, 2.75) is 31.5 Å². The van der Waals surface area contributed by atoms with Crippen LogP contribution in [-0.2, 0) is 19.0 Å². The summed E-state index contributed by atoms with van der Waals surface area (Å²) in [6.45, 7) is 0. The minimum absolute atomic E-state index is 0.0188. The fourth-order valence-corrected chi connectivity index (χ4v) is 3.67. The summed E-state index contributed by atoms with van der Waals surface area (Å²) in [5, 5.41) is 13.2. The van der Waals surface area contributed by atoms with E-state index in [-0.39, 0.29) is 11.4 Å². The third-order valence-corrected chi connectivity index (χ3v) is 5.10. The van der Waals surface area contributed by atoms with Gasteiger partial charge in [-0.15, -0.1) is 0 Å². The number of aliphatic hydroxyl groups excluding tert-OH is 1. The second-order valence-corrected chi connectivity index (χ2v) is 7.29. The molecule has 4 nitrogen and oxygen atoms in total. The minimum atomic E-state index is -4.40. The number of aryl methyl sites for hydroxylation is 1. The molecule has 29 heavy (non-hydrogen) atoms. The van der Waals surface area contributed by atoms with E-state index in [9.17, 15) is 18.3 Å². The molecule has 0 radical (unpaired) electrons. The molecule has 2 aromatic carbocycles. The number of nitrogens with one attached hydrogen (secondary N) is 1. The number of anilines is 2. The summed E-state index contributed by atoms with van der Waals surface area (Å²) < 4.78 is 38.4. The minimum Gasteiger partial charge on any atom is -0.393 e. The van der Waals surface area contributed by atoms with Crippen molar-refractivity contribution in [3.63, 3.8) is 0 Å². The van der Waals surface area contributed by atoms with Crippen molar-refractivity contribution >= 4 is 23.1 Å². The van der Waals surface area contributed by atoms with E-state index in [1.807, 2.05) is 18.2 Å². The number of fused-ring (bicyclic) bond motifs is 1. The maximum absolute atomic E-state index is 12.8. The third kappa shape index (κ3) is 4.36. The standard InChI is InChI=1S/C21H17ClF3N3O/c22-20-27-18(13-4-7-14(8-5-13)21(23,24)25)11-19(28-20)26-17-3-1-2-12-6-9-15(29)10-16(12)17/h1-5,7-8,11,15,29H,6,9-10H2,(H,26,27,28)/t15-/m1/s1. The summed E-state index contributed by atoms with van der Waals surface area (Å²) in [5.74, 6) is 0.424. The van der Waals surface area contributed by atoms with Gasteiger partial charge >= 0.3 is 6.18 Å². The Labute approximate surface area is 170 Å². The maximum atomic E-state index is 12.8. The average Bonchev–Trinajstić information content (AvgIpc) is 2.67. The molecule has 0 fully saturated rings. The van der Waals surface area contributed by atoms with Crippen LogP contribution in [0, 0.1) is 0 Å². The van der Waals surface area contributed by atoms with Gasteiger partial charge < -0.3 is 10.4 Å². The topological polar surface area (TPSA) is 58.0 Å². The number of aromatic nitrogens is 2. The molecule has 2 N–H and O–H groups in total. The van der Waals surface area contributed by atoms with E-state index in [1.165, 1.54) is 17.7 Å². The van der Waals surface area contributed by atoms with Crippen molar-refractivity contribution in [1.82, 2.24) is 9.97 Å². The highest BCUT2D eigenvalue weighted by atomic mass is 35.5. The molecule has 1 atom stereocenters. The van der Waals surface area contributed by atoms with Gasteiger partial charge in [-0.05, 0) is 53.8 Å². The normalized spacial score (nSPS) is 16.4. The van der Waals surface area contributed by atoms with Crippen LogP contribution in [0.15, 0.2) is 48.5 Å². The van der Waals surface area contributed by atoms with Gasteiger partial charge in [-0.25, -0.2) is 9.97 Å². The zero-order chi connectivity index (χ0) is 20.6. The van der Waals surface area contributed by atoms with Crippen molar-refractivity contribution in [1.29, 1.82) is 0 Å². The maximum Gasteiger partial charge on any atom is 0.416 e. The van der Waals surface area contributed by atoms with E-state index in [4.69, 9.17) is 11.6 Å². The highest BCUT2D eigenvalue weighted by Crippen LogP contribution is 2.33. The summed E-state index contributed by atoms with van der Waals surface area (Å²) in [4.78, 5) is 8.31. The van der Waals surface area contributed by atoms with Gasteiger partial charge in [0.1, 0.15) is 5.82 Å². The zero-order valence-corrected chi connectivity index (χ0v) is 15.9. The van der Waals surface area contributed by atoms with Crippen LogP contribution in [0.4, 0.5) is 24.7 Å². The lowest BCUT2D eigenvalue weighted by atomic mass is 9.88. The molecule has 150 valence electrons. The Bertz CT molecular complexity index is 1040. The Kier molecular flexibility index (Phi) is 5.19. The fraction of sp³-hybridized carbons (Fsp3) is 0.238. The van der Waals surface area contributed by atoms with Gasteiger partial charge in [0, 0.05) is 23.7 Å². The predicted molar refractivity (Wildman–Crippen MR) is 105 cm³/mol. The third-order valence-electron chi connectivity index (χ3n) is 4.93. The van der Waals surface area contributed by atoms with Gasteiger partial charge in [0.05, 0.1) is 17.4 Å². The SMILES string of the molecule is O[C@@H]1CCc2cccc(Nc3cc(-c4ccc(C(F)(F)F)cc4)nc(Cl)n3)c2C1. The average molecular weight is 420 g/mol. The van der Waals surface area contributed by atoms with Gasteiger partial charge in [0.2, 0.25) is 5.28 Å². The second kappa shape index (κ2) is 7.65. The quantitative estimate of drug-likeness (QED) is 0.557. The number of nitrogens with zero attached hydrogens (tertiary/aromatic N) is 2. The first kappa shape index (κ1) is 19.7. The Hall–Kier alpha value is -2.64. The Balaban J connectivity index is 1.65. The zero-order valence-electron chi connectivity index (χ0n) is 15.2. The first-order valence-corrected chi connectivity index (χ1v) is 9.45. The van der Waals surface area contributed by atoms with Gasteiger partial charge in [-0.2, -0.15) is 13.2 Å². The molecule has 1 aliphatic rings. The molecule has 1 aliphatic carbocycles. The van der Waals surface area contributed by atoms with Crippen molar-refractivity contribution in [2.75, 3.05) is 5.32 Å². The van der Waals surface area contributed by atoms with Crippen molar-refractivity contribution in [3.8, 4) is 11.3 Å². The van der Waals surface area contributed by atoms with E-state index < -0.39 is 11.7 Å². The van der Waals surface area contributed by atoms with Crippen LogP contribution in [0.5, 0.6) is 0 Å². The van der Waals surface area contributed by atoms with E-state index in [0.29, 0.717) is 23.5 Å². The van der Waals surface area contributed by atoms with Crippen molar-refractivity contribution in [3.05, 3.63) is 70.5 Å². The van der Waals surface area contributed by atoms with E-state index >= 15 is 0 Å². The largest absolute Gasteiger partial charge is 0.416 e. The monoisotopic (exact) mass is 419 g/mol. The molecule has 4 rings (SSSR count). The van der Waals surface area contributed by atoms with Crippen LogP contribution < -0.4 is 5.32 Å². The molecule has 0 saturated heterocycles. The molecule has 0 aliphatic heterocycles. The molecule has 3 aromatic rings. The van der Waals surface area contributed by atoms with E-state index in [2.05, 4.69) is 15.3 Å². The molecule has 0 spiro atoms. The molecule has 0 unspecified atom stereocenters. The van der Waals surface area contributed by atoms with Crippen molar-refractivity contribution < 1.29 is 18.3 Å². The summed E-state index contributed by atoms with van der Waals surface area (Å²) >= 11 is 6.05. The molecule has 0 amide bonds. The van der Waals surface area contributed by atoms with E-state index in [1.54, 1.807) is 6.07 Å². The Morgan fingerprint density at radius 3 is 2.55 bits per heavy atom. The van der Waals surface area contributed by atoms with E-state index in [0.717, 1.165) is 36.2 Å². The second-order valence-electron chi connectivity index (χ2n) is 6.95. The van der Waals surface area contributed by atoms with Crippen LogP contribution in [0.25, 0.3) is 11.3 Å². The predicted octanol–water partition coefficient (Wildman–Crippen LogP) is 5.41. The Morgan fingerprint density at radius 1 is 1.07 bits per heavy atom. The van der Waals surface area contributed by atoms with Gasteiger partial charge in [0.25, 0.3) is 0 Å². The number of alkyl halides is 3. The van der Waals surface area contributed by atoms with Crippen molar-refractivity contribution in [2.24, 2.45) is 0 Å². The lowest BCUT2D eigenvalue weighted by Crippen LogP contribution is -2.19. The molecular weight excluding hydrogens is 403 g/mol. The van der Waals surface area contributed by atoms with Crippen LogP contribution in [0.1, 0.15) is 23.1 Å². The highest BCUT2D eigenvalue weighted by Gasteiger charge is 2.30. The van der Waals surface area contributed by atoms with Crippen LogP contribution in [0.2, 0.25) is 5.28 Å². The summed E-state index contributed by atoms with van der Waals surface area (Å²) in [6.07, 6.45) is -2.71. The first-order chi connectivity index (χ1) is 13.8. The summed E-state index contributed by atoms with van der Waals surface area (Å²) in [5.41, 5.74) is 3.19. The fourth-order valence-electron chi connectivity index (χ4n) is 3.48. The summed E-state index contributed by atoms with van der Waals surface area (Å²) in [7, 11) is 0. The molecular formula is C21H17ClF3N3O. The molecule has 0 saturated carbocycles. The lowest BCUT2D eigenvalue weighted by Gasteiger charge is -2.23. The lowest BCUT2D eigenvalue weighted by molar-refractivity contribution is -0.137. The van der Waals surface area contributed by atoms with Gasteiger partial charge in [-0.3, -0.25) is 0 Å². The number of aliphatic hydroxyl groups is 1. The number of hydrogen-bond donors (Lipinski definition) is 2. The van der Waals surface area contributed by atoms with Crippen LogP contribution in [-0.4, -0.2) is 21.2 Å². The number of hydrogen-bond acceptors (Lipinski definition) is 4. The number of rotatable bonds is 3. The molecule has 8 heteroatoms. The van der Waals surface area contributed by atoms with Gasteiger partial charge in [-0.1, -0.05) is 24.3 Å². The smallest absolute Gasteiger partial charge is 0.393 e. The Morgan fingerprint density at radius 2 is 1.83 bits per heavy atom. The first-order valence-electron chi connectivity index (χ1n) is 9.07. The number of halogens is 4. The summed E-state index contributed by atoms with van der Waals surface area (Å²) in [6, 6.07) is 12.2. The van der Waals surface area contributed by atoms with Crippen LogP contribution >= 0.6 is 11.6 Å².